The molecule has 0 bridgehead atoms. The second kappa shape index (κ2) is 6.12. The summed E-state index contributed by atoms with van der Waals surface area (Å²) in [6, 6.07) is 1.47. The fourth-order valence-corrected chi connectivity index (χ4v) is 2.69. The Kier molecular flexibility index (Phi) is 4.60. The van der Waals surface area contributed by atoms with Crippen LogP contribution in [0.25, 0.3) is 0 Å². The van der Waals surface area contributed by atoms with Gasteiger partial charge in [0.2, 0.25) is 5.91 Å². The molecule has 1 aromatic rings. The first-order valence-corrected chi connectivity index (χ1v) is 6.95. The first-order valence-electron chi connectivity index (χ1n) is 6.95. The molecule has 0 radical (unpaired) electrons. The molecule has 1 aliphatic rings. The van der Waals surface area contributed by atoms with Crippen LogP contribution in [0.4, 0.5) is 13.2 Å². The molecule has 0 atom stereocenters. The molecule has 122 valence electrons. The van der Waals surface area contributed by atoms with Crippen molar-refractivity contribution in [2.45, 2.75) is 43.9 Å². The number of amides is 1. The third kappa shape index (κ3) is 3.68. The average Bonchev–Trinajstić information content (AvgIpc) is 2.89. The van der Waals surface area contributed by atoms with E-state index in [1.54, 1.807) is 0 Å². The van der Waals surface area contributed by atoms with Gasteiger partial charge in [-0.1, -0.05) is 12.8 Å². The van der Waals surface area contributed by atoms with Gasteiger partial charge in [0, 0.05) is 12.3 Å². The maximum absolute atomic E-state index is 12.6. The van der Waals surface area contributed by atoms with E-state index in [1.807, 2.05) is 0 Å². The minimum absolute atomic E-state index is 0.226. The number of nitrogens with zero attached hydrogens (tertiary/aromatic N) is 1. The van der Waals surface area contributed by atoms with Crippen molar-refractivity contribution in [3.63, 3.8) is 0 Å². The third-order valence-corrected chi connectivity index (χ3v) is 3.89. The highest BCUT2D eigenvalue weighted by Gasteiger charge is 2.35. The normalized spacial score (nSPS) is 17.5. The van der Waals surface area contributed by atoms with E-state index in [-0.39, 0.29) is 6.61 Å². The lowest BCUT2D eigenvalue weighted by molar-refractivity contribution is -0.138. The molecule has 2 rings (SSSR count). The molecular weight excluding hydrogens is 301 g/mol. The Labute approximate surface area is 124 Å². The average molecular weight is 318 g/mol. The van der Waals surface area contributed by atoms with Crippen molar-refractivity contribution in [3.05, 3.63) is 34.2 Å². The Balaban J connectivity index is 2.13. The molecular formula is C14H17F3N2O3. The summed E-state index contributed by atoms with van der Waals surface area (Å²) in [5.74, 6) is -0.586. The predicted octanol–water partition coefficient (Wildman–Crippen LogP) is 1.29. The van der Waals surface area contributed by atoms with Crippen LogP contribution in [0.2, 0.25) is 0 Å². The Morgan fingerprint density at radius 3 is 2.50 bits per heavy atom. The highest BCUT2D eigenvalue weighted by atomic mass is 19.4. The van der Waals surface area contributed by atoms with Gasteiger partial charge in [-0.05, 0) is 18.9 Å². The number of aliphatic hydroxyl groups excluding tert-OH is 1. The zero-order valence-electron chi connectivity index (χ0n) is 11.8. The minimum Gasteiger partial charge on any atom is -0.394 e. The summed E-state index contributed by atoms with van der Waals surface area (Å²) in [4.78, 5) is 23.6. The fraction of sp³-hybridized carbons (Fsp3) is 0.571. The molecule has 1 aromatic heterocycles. The number of hydrogen-bond donors (Lipinski definition) is 2. The van der Waals surface area contributed by atoms with Gasteiger partial charge in [0.1, 0.15) is 6.54 Å². The molecule has 22 heavy (non-hydrogen) atoms. The highest BCUT2D eigenvalue weighted by Crippen LogP contribution is 2.29. The number of nitrogens with one attached hydrogen (secondary N) is 1. The number of halogens is 3. The zero-order chi connectivity index (χ0) is 16.4. The Bertz CT molecular complexity index is 604. The maximum Gasteiger partial charge on any atom is 0.417 e. The van der Waals surface area contributed by atoms with Crippen molar-refractivity contribution in [3.8, 4) is 0 Å². The van der Waals surface area contributed by atoms with Crippen molar-refractivity contribution in [1.82, 2.24) is 9.88 Å². The first-order chi connectivity index (χ1) is 10.3. The largest absolute Gasteiger partial charge is 0.417 e. The molecule has 2 N–H and O–H groups in total. The molecule has 1 fully saturated rings. The second-order valence-electron chi connectivity index (χ2n) is 5.58. The van der Waals surface area contributed by atoms with Gasteiger partial charge in [-0.25, -0.2) is 0 Å². The van der Waals surface area contributed by atoms with E-state index < -0.39 is 35.3 Å². The van der Waals surface area contributed by atoms with Crippen LogP contribution in [0.5, 0.6) is 0 Å². The fourth-order valence-electron chi connectivity index (χ4n) is 2.69. The summed E-state index contributed by atoms with van der Waals surface area (Å²) in [6.45, 7) is -0.735. The quantitative estimate of drug-likeness (QED) is 0.879. The maximum atomic E-state index is 12.6. The van der Waals surface area contributed by atoms with Crippen LogP contribution in [-0.4, -0.2) is 27.7 Å². The molecule has 0 aromatic carbocycles. The summed E-state index contributed by atoms with van der Waals surface area (Å²) in [6.07, 6.45) is -0.986. The van der Waals surface area contributed by atoms with E-state index in [9.17, 15) is 27.9 Å². The van der Waals surface area contributed by atoms with E-state index >= 15 is 0 Å². The van der Waals surface area contributed by atoms with Gasteiger partial charge < -0.3 is 15.0 Å². The first kappa shape index (κ1) is 16.5. The highest BCUT2D eigenvalue weighted by molar-refractivity contribution is 5.76. The SMILES string of the molecule is O=C(Cn1cc(C(F)(F)F)ccc1=O)NC1(CO)CCCC1. The molecule has 0 spiro atoms. The van der Waals surface area contributed by atoms with Crippen molar-refractivity contribution in [1.29, 1.82) is 0 Å². The van der Waals surface area contributed by atoms with Crippen molar-refractivity contribution in [2.75, 3.05) is 6.61 Å². The minimum atomic E-state index is -4.58. The van der Waals surface area contributed by atoms with E-state index in [0.29, 0.717) is 25.1 Å². The molecule has 0 saturated heterocycles. The van der Waals surface area contributed by atoms with Gasteiger partial charge in [-0.3, -0.25) is 9.59 Å². The molecule has 1 aliphatic carbocycles. The van der Waals surface area contributed by atoms with Crippen LogP contribution in [0, 0.1) is 0 Å². The smallest absolute Gasteiger partial charge is 0.394 e. The Hall–Kier alpha value is -1.83. The van der Waals surface area contributed by atoms with E-state index in [1.165, 1.54) is 0 Å². The summed E-state index contributed by atoms with van der Waals surface area (Å²) in [5.41, 5.74) is -2.40. The summed E-state index contributed by atoms with van der Waals surface area (Å²) < 4.78 is 38.6. The van der Waals surface area contributed by atoms with Gasteiger partial charge in [-0.15, -0.1) is 0 Å². The monoisotopic (exact) mass is 318 g/mol. The number of aliphatic hydroxyl groups is 1. The molecule has 8 heteroatoms. The number of pyridine rings is 1. The standard InChI is InChI=1S/C14H17F3N2O3/c15-14(16,17)10-3-4-12(22)19(7-10)8-11(21)18-13(9-20)5-1-2-6-13/h3-4,7,20H,1-2,5-6,8-9H2,(H,18,21). The number of hydrogen-bond acceptors (Lipinski definition) is 3. The number of aromatic nitrogens is 1. The number of rotatable bonds is 4. The van der Waals surface area contributed by atoms with Crippen molar-refractivity contribution in [2.24, 2.45) is 0 Å². The number of carbonyl (C=O) groups excluding carboxylic acids is 1. The topological polar surface area (TPSA) is 71.3 Å². The predicted molar refractivity (Wildman–Crippen MR) is 72.1 cm³/mol. The van der Waals surface area contributed by atoms with E-state index in [2.05, 4.69) is 5.32 Å². The number of carbonyl (C=O) groups is 1. The van der Waals surface area contributed by atoms with Gasteiger partial charge in [-0.2, -0.15) is 13.2 Å². The lowest BCUT2D eigenvalue weighted by Crippen LogP contribution is -2.50. The van der Waals surface area contributed by atoms with Crippen molar-refractivity contribution >= 4 is 5.91 Å². The lowest BCUT2D eigenvalue weighted by Gasteiger charge is -2.28. The second-order valence-corrected chi connectivity index (χ2v) is 5.58. The van der Waals surface area contributed by atoms with E-state index in [4.69, 9.17) is 0 Å². The molecule has 0 unspecified atom stereocenters. The van der Waals surface area contributed by atoms with Gasteiger partial charge in [0.25, 0.3) is 5.56 Å². The van der Waals surface area contributed by atoms with Crippen LogP contribution in [0.3, 0.4) is 0 Å². The summed E-state index contributed by atoms with van der Waals surface area (Å²) >= 11 is 0. The zero-order valence-corrected chi connectivity index (χ0v) is 11.8. The summed E-state index contributed by atoms with van der Waals surface area (Å²) in [7, 11) is 0. The molecule has 1 heterocycles. The van der Waals surface area contributed by atoms with Crippen LogP contribution in [0.1, 0.15) is 31.2 Å². The van der Waals surface area contributed by atoms with Gasteiger partial charge in [0.05, 0.1) is 17.7 Å². The Morgan fingerprint density at radius 2 is 1.95 bits per heavy atom. The van der Waals surface area contributed by atoms with Crippen LogP contribution in [-0.2, 0) is 17.5 Å². The van der Waals surface area contributed by atoms with E-state index in [0.717, 1.165) is 23.5 Å². The van der Waals surface area contributed by atoms with Crippen LogP contribution >= 0.6 is 0 Å². The third-order valence-electron chi connectivity index (χ3n) is 3.89. The van der Waals surface area contributed by atoms with Gasteiger partial charge >= 0.3 is 6.18 Å². The van der Waals surface area contributed by atoms with Gasteiger partial charge in [0.15, 0.2) is 0 Å². The number of alkyl halides is 3. The van der Waals surface area contributed by atoms with Crippen LogP contribution < -0.4 is 10.9 Å². The Morgan fingerprint density at radius 1 is 1.32 bits per heavy atom. The lowest BCUT2D eigenvalue weighted by atomic mass is 9.99. The molecule has 1 amide bonds. The van der Waals surface area contributed by atoms with Crippen molar-refractivity contribution < 1.29 is 23.1 Å². The molecule has 0 aliphatic heterocycles. The van der Waals surface area contributed by atoms with Crippen LogP contribution in [0.15, 0.2) is 23.1 Å². The summed E-state index contributed by atoms with van der Waals surface area (Å²) in [5, 5.41) is 12.1. The molecule has 1 saturated carbocycles. The molecule has 5 nitrogen and oxygen atoms in total.